The van der Waals surface area contributed by atoms with Gasteiger partial charge in [0, 0.05) is 6.92 Å². The fraction of sp³-hybridized carbons (Fsp3) is 0.909. The summed E-state index contributed by atoms with van der Waals surface area (Å²) < 4.78 is 4.78. The van der Waals surface area contributed by atoms with Crippen molar-refractivity contribution in [2.24, 2.45) is 0 Å². The van der Waals surface area contributed by atoms with Crippen LogP contribution in [0.3, 0.4) is 0 Å². The van der Waals surface area contributed by atoms with E-state index in [4.69, 9.17) is 4.74 Å². The van der Waals surface area contributed by atoms with Crippen LogP contribution in [0.5, 0.6) is 0 Å². The first kappa shape index (κ1) is 25.7. The zero-order chi connectivity index (χ0) is 20.0. The molecule has 5 nitrogen and oxygen atoms in total. The number of hydrogen-bond donors (Lipinski definition) is 0. The van der Waals surface area contributed by atoms with Crippen LogP contribution in [0, 0.1) is 0 Å². The van der Waals surface area contributed by atoms with Crippen LogP contribution in [0.1, 0.15) is 123 Å². The van der Waals surface area contributed by atoms with Crippen molar-refractivity contribution in [1.29, 1.82) is 0 Å². The van der Waals surface area contributed by atoms with Crippen molar-refractivity contribution in [1.82, 2.24) is 0 Å². The summed E-state index contributed by atoms with van der Waals surface area (Å²) in [6, 6.07) is 0. The van der Waals surface area contributed by atoms with Crippen molar-refractivity contribution < 1.29 is 24.1 Å². The molecule has 0 spiro atoms. The molecular weight excluding hydrogens is 344 g/mol. The predicted molar refractivity (Wildman–Crippen MR) is 108 cm³/mol. The van der Waals surface area contributed by atoms with Gasteiger partial charge in [0.25, 0.3) is 0 Å². The fourth-order valence-corrected chi connectivity index (χ4v) is 3.10. The van der Waals surface area contributed by atoms with Crippen LogP contribution in [0.2, 0.25) is 0 Å². The standard InChI is InChI=1S/C22H42O5/c1-3-4-5-6-7-8-9-10-11-12-13-14-15-16-17-18-19-20-25-22(24)27-26-21(2)23/h3-20H2,1-2H3. The topological polar surface area (TPSA) is 61.8 Å². The molecule has 0 aliphatic carbocycles. The minimum Gasteiger partial charge on any atom is -0.432 e. The van der Waals surface area contributed by atoms with E-state index in [-0.39, 0.29) is 0 Å². The molecule has 0 rings (SSSR count). The zero-order valence-electron chi connectivity index (χ0n) is 17.8. The lowest BCUT2D eigenvalue weighted by molar-refractivity contribution is -0.241. The first-order valence-electron chi connectivity index (χ1n) is 11.2. The summed E-state index contributed by atoms with van der Waals surface area (Å²) in [4.78, 5) is 29.6. The molecule has 0 atom stereocenters. The summed E-state index contributed by atoms with van der Waals surface area (Å²) in [5.41, 5.74) is 0. The van der Waals surface area contributed by atoms with Gasteiger partial charge in [-0.25, -0.2) is 14.6 Å². The van der Waals surface area contributed by atoms with Crippen molar-refractivity contribution in [3.63, 3.8) is 0 Å². The average Bonchev–Trinajstić information content (AvgIpc) is 2.65. The quantitative estimate of drug-likeness (QED) is 0.107. The lowest BCUT2D eigenvalue weighted by atomic mass is 10.0. The summed E-state index contributed by atoms with van der Waals surface area (Å²) in [5, 5.41) is 0. The lowest BCUT2D eigenvalue weighted by Crippen LogP contribution is -2.11. The van der Waals surface area contributed by atoms with Gasteiger partial charge in [0.2, 0.25) is 0 Å². The molecule has 0 heterocycles. The molecule has 0 aromatic rings. The van der Waals surface area contributed by atoms with Gasteiger partial charge in [0.1, 0.15) is 0 Å². The fourth-order valence-electron chi connectivity index (χ4n) is 3.10. The minimum atomic E-state index is -0.957. The monoisotopic (exact) mass is 386 g/mol. The molecule has 0 bridgehead atoms. The Morgan fingerprint density at radius 2 is 0.926 bits per heavy atom. The van der Waals surface area contributed by atoms with Gasteiger partial charge in [-0.3, -0.25) is 0 Å². The Balaban J connectivity index is 3.09. The van der Waals surface area contributed by atoms with E-state index in [0.717, 1.165) is 19.8 Å². The Kier molecular flexibility index (Phi) is 20.1. The second-order valence-corrected chi connectivity index (χ2v) is 7.41. The van der Waals surface area contributed by atoms with E-state index in [0.29, 0.717) is 6.61 Å². The highest BCUT2D eigenvalue weighted by atomic mass is 17.2. The van der Waals surface area contributed by atoms with Gasteiger partial charge in [-0.1, -0.05) is 110 Å². The van der Waals surface area contributed by atoms with Gasteiger partial charge in [0.15, 0.2) is 0 Å². The summed E-state index contributed by atoms with van der Waals surface area (Å²) in [6.45, 7) is 3.73. The Morgan fingerprint density at radius 1 is 0.556 bits per heavy atom. The Labute approximate surface area is 166 Å². The van der Waals surface area contributed by atoms with E-state index in [2.05, 4.69) is 16.7 Å². The predicted octanol–water partition coefficient (Wildman–Crippen LogP) is 7.27. The second-order valence-electron chi connectivity index (χ2n) is 7.41. The SMILES string of the molecule is CCCCCCCCCCCCCCCCCCCOC(=O)OOC(C)=O. The molecular formula is C22H42O5. The highest BCUT2D eigenvalue weighted by Gasteiger charge is 2.06. The third-order valence-electron chi connectivity index (χ3n) is 4.69. The maximum absolute atomic E-state index is 11.0. The molecule has 0 amide bonds. The molecule has 0 N–H and O–H groups in total. The van der Waals surface area contributed by atoms with E-state index in [1.165, 1.54) is 96.3 Å². The van der Waals surface area contributed by atoms with Crippen molar-refractivity contribution in [3.05, 3.63) is 0 Å². The number of rotatable bonds is 18. The van der Waals surface area contributed by atoms with Gasteiger partial charge in [-0.05, 0) is 6.42 Å². The Hall–Kier alpha value is -1.26. The third-order valence-corrected chi connectivity index (χ3v) is 4.69. The summed E-state index contributed by atoms with van der Waals surface area (Å²) in [5.74, 6) is -0.676. The van der Waals surface area contributed by atoms with Crippen LogP contribution < -0.4 is 0 Å². The normalized spacial score (nSPS) is 10.6. The maximum Gasteiger partial charge on any atom is 0.549 e. The van der Waals surface area contributed by atoms with Crippen LogP contribution in [-0.2, 0) is 19.3 Å². The van der Waals surface area contributed by atoms with Crippen molar-refractivity contribution in [3.8, 4) is 0 Å². The first-order chi connectivity index (χ1) is 13.2. The van der Waals surface area contributed by atoms with Crippen LogP contribution in [-0.4, -0.2) is 18.7 Å². The number of carbonyl (C=O) groups is 2. The van der Waals surface area contributed by atoms with E-state index >= 15 is 0 Å². The summed E-state index contributed by atoms with van der Waals surface area (Å²) >= 11 is 0. The molecule has 5 heteroatoms. The first-order valence-corrected chi connectivity index (χ1v) is 11.2. The Bertz CT molecular complexity index is 344. The minimum absolute atomic E-state index is 0.304. The number of ether oxygens (including phenoxy) is 1. The summed E-state index contributed by atoms with van der Waals surface area (Å²) in [6.07, 6.45) is 21.4. The van der Waals surface area contributed by atoms with E-state index < -0.39 is 12.1 Å². The van der Waals surface area contributed by atoms with Crippen LogP contribution >= 0.6 is 0 Å². The third kappa shape index (κ3) is 22.7. The van der Waals surface area contributed by atoms with Crippen LogP contribution in [0.15, 0.2) is 0 Å². The Morgan fingerprint density at radius 3 is 1.30 bits per heavy atom. The van der Waals surface area contributed by atoms with Gasteiger partial charge >= 0.3 is 12.1 Å². The van der Waals surface area contributed by atoms with Crippen molar-refractivity contribution >= 4 is 12.1 Å². The molecule has 0 aromatic carbocycles. The highest BCUT2D eigenvalue weighted by Crippen LogP contribution is 2.14. The van der Waals surface area contributed by atoms with Gasteiger partial charge < -0.3 is 4.74 Å². The lowest BCUT2D eigenvalue weighted by Gasteiger charge is -2.04. The van der Waals surface area contributed by atoms with E-state index in [1.54, 1.807) is 0 Å². The maximum atomic E-state index is 11.0. The second kappa shape index (κ2) is 21.0. The van der Waals surface area contributed by atoms with E-state index in [9.17, 15) is 9.59 Å². The highest BCUT2D eigenvalue weighted by molar-refractivity contribution is 5.67. The molecule has 0 aromatic heterocycles. The number of unbranched alkanes of at least 4 members (excludes halogenated alkanes) is 16. The molecule has 0 aliphatic rings. The zero-order valence-corrected chi connectivity index (χ0v) is 17.8. The molecule has 0 unspecified atom stereocenters. The number of hydrogen-bond acceptors (Lipinski definition) is 5. The number of carbonyl (C=O) groups excluding carboxylic acids is 2. The molecule has 0 saturated carbocycles. The van der Waals surface area contributed by atoms with Gasteiger partial charge in [0.05, 0.1) is 6.61 Å². The van der Waals surface area contributed by atoms with Crippen molar-refractivity contribution in [2.75, 3.05) is 6.61 Å². The molecule has 0 aliphatic heterocycles. The smallest absolute Gasteiger partial charge is 0.432 e. The molecule has 27 heavy (non-hydrogen) atoms. The molecule has 160 valence electrons. The molecule has 0 saturated heterocycles. The van der Waals surface area contributed by atoms with Crippen LogP contribution in [0.25, 0.3) is 0 Å². The molecule has 0 fully saturated rings. The van der Waals surface area contributed by atoms with Gasteiger partial charge in [-0.15, -0.1) is 0 Å². The van der Waals surface area contributed by atoms with Gasteiger partial charge in [-0.2, -0.15) is 4.79 Å². The molecule has 0 radical (unpaired) electrons. The van der Waals surface area contributed by atoms with Crippen molar-refractivity contribution in [2.45, 2.75) is 123 Å². The van der Waals surface area contributed by atoms with Crippen LogP contribution in [0.4, 0.5) is 4.79 Å². The largest absolute Gasteiger partial charge is 0.549 e. The average molecular weight is 387 g/mol. The van der Waals surface area contributed by atoms with E-state index in [1.807, 2.05) is 0 Å². The summed E-state index contributed by atoms with van der Waals surface area (Å²) in [7, 11) is 0.